The molecule has 9 nitrogen and oxygen atoms in total. The SMILES string of the molecule is COc1cc(C2NC(=O)NC(C)=C2C(=O)Nc2ccc(C)c(C)c2)ccc1OC(C)C(=O)O. The number of benzene rings is 2. The molecular weight excluding hydrogens is 426 g/mol. The average molecular weight is 453 g/mol. The third kappa shape index (κ3) is 5.25. The van der Waals surface area contributed by atoms with Crippen molar-refractivity contribution in [3.05, 3.63) is 64.4 Å². The van der Waals surface area contributed by atoms with Gasteiger partial charge < -0.3 is 30.5 Å². The number of allylic oxidation sites excluding steroid dienone is 1. The van der Waals surface area contributed by atoms with E-state index in [0.29, 0.717) is 22.5 Å². The van der Waals surface area contributed by atoms with Crippen molar-refractivity contribution < 1.29 is 29.0 Å². The molecule has 2 unspecified atom stereocenters. The van der Waals surface area contributed by atoms with E-state index in [4.69, 9.17) is 14.6 Å². The summed E-state index contributed by atoms with van der Waals surface area (Å²) in [5.74, 6) is -0.971. The summed E-state index contributed by atoms with van der Waals surface area (Å²) in [6.07, 6.45) is -1.08. The van der Waals surface area contributed by atoms with Gasteiger partial charge in [0, 0.05) is 11.4 Å². The van der Waals surface area contributed by atoms with Gasteiger partial charge in [0.1, 0.15) is 0 Å². The Morgan fingerprint density at radius 2 is 1.79 bits per heavy atom. The quantitative estimate of drug-likeness (QED) is 0.509. The number of urea groups is 1. The molecule has 3 amide bonds. The van der Waals surface area contributed by atoms with E-state index in [-0.39, 0.29) is 17.4 Å². The largest absolute Gasteiger partial charge is 0.493 e. The van der Waals surface area contributed by atoms with E-state index in [1.54, 1.807) is 25.1 Å². The van der Waals surface area contributed by atoms with E-state index in [0.717, 1.165) is 11.1 Å². The fourth-order valence-corrected chi connectivity index (χ4v) is 3.46. The zero-order valence-electron chi connectivity index (χ0n) is 19.1. The summed E-state index contributed by atoms with van der Waals surface area (Å²) >= 11 is 0. The number of carbonyl (C=O) groups is 3. The van der Waals surface area contributed by atoms with Crippen LogP contribution < -0.4 is 25.4 Å². The van der Waals surface area contributed by atoms with Gasteiger partial charge in [0.05, 0.1) is 18.7 Å². The van der Waals surface area contributed by atoms with Gasteiger partial charge in [-0.3, -0.25) is 4.79 Å². The number of nitrogens with one attached hydrogen (secondary N) is 3. The first kappa shape index (κ1) is 23.6. The molecule has 0 saturated carbocycles. The average Bonchev–Trinajstić information content (AvgIpc) is 2.75. The zero-order chi connectivity index (χ0) is 24.3. The molecule has 1 heterocycles. The van der Waals surface area contributed by atoms with Crippen LogP contribution in [0.5, 0.6) is 11.5 Å². The Bertz CT molecular complexity index is 1140. The highest BCUT2D eigenvalue weighted by Gasteiger charge is 2.32. The lowest BCUT2D eigenvalue weighted by Crippen LogP contribution is -2.46. The predicted molar refractivity (Wildman–Crippen MR) is 122 cm³/mol. The number of amides is 3. The van der Waals surface area contributed by atoms with Crippen LogP contribution in [0, 0.1) is 13.8 Å². The van der Waals surface area contributed by atoms with Crippen LogP contribution in [-0.4, -0.2) is 36.2 Å². The van der Waals surface area contributed by atoms with Crippen molar-refractivity contribution in [1.29, 1.82) is 0 Å². The Hall–Kier alpha value is -4.01. The van der Waals surface area contributed by atoms with E-state index in [9.17, 15) is 14.4 Å². The van der Waals surface area contributed by atoms with Crippen molar-refractivity contribution in [3.63, 3.8) is 0 Å². The summed E-state index contributed by atoms with van der Waals surface area (Å²) in [6, 6.07) is 9.23. The highest BCUT2D eigenvalue weighted by atomic mass is 16.5. The predicted octanol–water partition coefficient (Wildman–Crippen LogP) is 3.43. The molecule has 1 aliphatic rings. The summed E-state index contributed by atoms with van der Waals surface area (Å²) in [5.41, 5.74) is 4.12. The minimum absolute atomic E-state index is 0.234. The van der Waals surface area contributed by atoms with Gasteiger partial charge in [-0.25, -0.2) is 9.59 Å². The maximum atomic E-state index is 13.2. The number of rotatable bonds is 7. The lowest BCUT2D eigenvalue weighted by Gasteiger charge is -2.29. The molecule has 0 fully saturated rings. The van der Waals surface area contributed by atoms with Crippen molar-refractivity contribution in [3.8, 4) is 11.5 Å². The van der Waals surface area contributed by atoms with E-state index < -0.39 is 24.1 Å². The Morgan fingerprint density at radius 1 is 1.06 bits per heavy atom. The van der Waals surface area contributed by atoms with Crippen molar-refractivity contribution in [2.45, 2.75) is 39.8 Å². The van der Waals surface area contributed by atoms with Gasteiger partial charge in [0.25, 0.3) is 5.91 Å². The molecule has 4 N–H and O–H groups in total. The second kappa shape index (κ2) is 9.64. The highest BCUT2D eigenvalue weighted by Crippen LogP contribution is 2.35. The molecule has 2 aromatic rings. The van der Waals surface area contributed by atoms with Gasteiger partial charge in [-0.05, 0) is 68.7 Å². The second-order valence-electron chi connectivity index (χ2n) is 7.83. The molecule has 0 aliphatic carbocycles. The van der Waals surface area contributed by atoms with Crippen LogP contribution >= 0.6 is 0 Å². The number of carboxylic acid groups (broad SMARTS) is 1. The summed E-state index contributed by atoms with van der Waals surface area (Å²) in [7, 11) is 1.42. The third-order valence-corrected chi connectivity index (χ3v) is 5.45. The summed E-state index contributed by atoms with van der Waals surface area (Å²) in [6.45, 7) is 7.01. The zero-order valence-corrected chi connectivity index (χ0v) is 19.1. The Balaban J connectivity index is 1.94. The Morgan fingerprint density at radius 3 is 2.42 bits per heavy atom. The molecule has 2 aromatic carbocycles. The first-order valence-corrected chi connectivity index (χ1v) is 10.3. The van der Waals surface area contributed by atoms with Gasteiger partial charge in [0.2, 0.25) is 0 Å². The van der Waals surface area contributed by atoms with Crippen LogP contribution in [0.4, 0.5) is 10.5 Å². The number of aryl methyl sites for hydroxylation is 2. The van der Waals surface area contributed by atoms with Crippen LogP contribution in [0.2, 0.25) is 0 Å². The van der Waals surface area contributed by atoms with E-state index in [1.165, 1.54) is 14.0 Å². The minimum atomic E-state index is -1.12. The number of carbonyl (C=O) groups excluding carboxylic acids is 2. The van der Waals surface area contributed by atoms with Crippen molar-refractivity contribution in [2.75, 3.05) is 12.4 Å². The van der Waals surface area contributed by atoms with Crippen LogP contribution in [0.1, 0.15) is 36.6 Å². The molecule has 2 atom stereocenters. The fourth-order valence-electron chi connectivity index (χ4n) is 3.46. The van der Waals surface area contributed by atoms with E-state index in [1.807, 2.05) is 32.0 Å². The van der Waals surface area contributed by atoms with Crippen LogP contribution in [0.3, 0.4) is 0 Å². The maximum Gasteiger partial charge on any atom is 0.344 e. The van der Waals surface area contributed by atoms with Gasteiger partial charge in [-0.1, -0.05) is 12.1 Å². The molecule has 33 heavy (non-hydrogen) atoms. The molecule has 0 bridgehead atoms. The van der Waals surface area contributed by atoms with Crippen LogP contribution in [-0.2, 0) is 9.59 Å². The molecule has 0 spiro atoms. The van der Waals surface area contributed by atoms with E-state index >= 15 is 0 Å². The normalized spacial score (nSPS) is 16.4. The van der Waals surface area contributed by atoms with E-state index in [2.05, 4.69) is 16.0 Å². The Labute approximate surface area is 191 Å². The molecular formula is C24H27N3O6. The maximum absolute atomic E-state index is 13.2. The summed E-state index contributed by atoms with van der Waals surface area (Å²) in [4.78, 5) is 36.5. The van der Waals surface area contributed by atoms with Gasteiger partial charge >= 0.3 is 12.0 Å². The number of methoxy groups -OCH3 is 1. The van der Waals surface area contributed by atoms with Crippen LogP contribution in [0.15, 0.2) is 47.7 Å². The van der Waals surface area contributed by atoms with Gasteiger partial charge in [-0.15, -0.1) is 0 Å². The number of hydrogen-bond donors (Lipinski definition) is 4. The second-order valence-corrected chi connectivity index (χ2v) is 7.83. The fraction of sp³-hybridized carbons (Fsp3) is 0.292. The molecule has 3 rings (SSSR count). The van der Waals surface area contributed by atoms with Crippen LogP contribution in [0.25, 0.3) is 0 Å². The number of carboxylic acids is 1. The third-order valence-electron chi connectivity index (χ3n) is 5.45. The highest BCUT2D eigenvalue weighted by molar-refractivity contribution is 6.06. The molecule has 0 radical (unpaired) electrons. The molecule has 174 valence electrons. The number of ether oxygens (including phenoxy) is 2. The first-order chi connectivity index (χ1) is 15.6. The monoisotopic (exact) mass is 453 g/mol. The van der Waals surface area contributed by atoms with Crippen molar-refractivity contribution in [1.82, 2.24) is 10.6 Å². The lowest BCUT2D eigenvalue weighted by molar-refractivity contribution is -0.144. The lowest BCUT2D eigenvalue weighted by atomic mass is 9.94. The standard InChI is InChI=1S/C24H27N3O6/c1-12-6-8-17(10-13(12)2)26-22(28)20-14(3)25-24(31)27-21(20)16-7-9-18(19(11-16)32-5)33-15(4)23(29)30/h6-11,15,21H,1-5H3,(H,26,28)(H,29,30)(H2,25,27,31). The van der Waals surface area contributed by atoms with Gasteiger partial charge in [0.15, 0.2) is 17.6 Å². The number of aliphatic carboxylic acids is 1. The topological polar surface area (TPSA) is 126 Å². The molecule has 9 heteroatoms. The molecule has 0 aromatic heterocycles. The first-order valence-electron chi connectivity index (χ1n) is 10.3. The van der Waals surface area contributed by atoms with Crippen molar-refractivity contribution >= 4 is 23.6 Å². The molecule has 1 aliphatic heterocycles. The van der Waals surface area contributed by atoms with Gasteiger partial charge in [-0.2, -0.15) is 0 Å². The smallest absolute Gasteiger partial charge is 0.344 e. The summed E-state index contributed by atoms with van der Waals surface area (Å²) in [5, 5.41) is 17.4. The minimum Gasteiger partial charge on any atom is -0.493 e. The summed E-state index contributed by atoms with van der Waals surface area (Å²) < 4.78 is 10.8. The Kier molecular flexibility index (Phi) is 6.91. The number of anilines is 1. The number of hydrogen-bond acceptors (Lipinski definition) is 5. The van der Waals surface area contributed by atoms with Crippen molar-refractivity contribution in [2.24, 2.45) is 0 Å². The molecule has 0 saturated heterocycles.